The monoisotopic (exact) mass is 444 g/mol. The molecule has 0 saturated carbocycles. The number of nitrogens with zero attached hydrogens (tertiary/aromatic N) is 4. The third-order valence-corrected chi connectivity index (χ3v) is 5.55. The Bertz CT molecular complexity index is 1170. The van der Waals surface area contributed by atoms with Crippen LogP contribution in [0.2, 0.25) is 0 Å². The zero-order valence-corrected chi connectivity index (χ0v) is 18.1. The number of oxazole rings is 1. The molecule has 8 nitrogen and oxygen atoms in total. The maximum atomic E-state index is 12.5. The zero-order valence-electron chi connectivity index (χ0n) is 18.1. The van der Waals surface area contributed by atoms with E-state index >= 15 is 0 Å². The zero-order chi connectivity index (χ0) is 22.5. The Morgan fingerprint density at radius 3 is 2.48 bits per heavy atom. The lowest BCUT2D eigenvalue weighted by Gasteiger charge is -2.34. The molecule has 0 spiro atoms. The molecule has 1 amide bonds. The molecule has 1 aliphatic heterocycles. The van der Waals surface area contributed by atoms with Gasteiger partial charge in [0.25, 0.3) is 5.91 Å². The van der Waals surface area contributed by atoms with Crippen LogP contribution >= 0.6 is 0 Å². The van der Waals surface area contributed by atoms with Crippen LogP contribution in [0.1, 0.15) is 10.4 Å². The van der Waals surface area contributed by atoms with Crippen LogP contribution in [-0.2, 0) is 0 Å². The molecule has 0 radical (unpaired) electrons. The summed E-state index contributed by atoms with van der Waals surface area (Å²) in [6.07, 6.45) is 3.50. The topological polar surface area (TPSA) is 80.9 Å². The van der Waals surface area contributed by atoms with Gasteiger partial charge in [0.15, 0.2) is 5.58 Å². The summed E-state index contributed by atoms with van der Waals surface area (Å²) in [5.74, 6) is 1.44. The molecule has 2 aromatic heterocycles. The number of hydrogen-bond acceptors (Lipinski definition) is 7. The maximum Gasteiger partial charge on any atom is 0.400 e. The lowest BCUT2D eigenvalue weighted by atomic mass is 10.2. The molecule has 1 saturated heterocycles. The van der Waals surface area contributed by atoms with Crippen LogP contribution in [0.4, 0.5) is 0 Å². The van der Waals surface area contributed by atoms with Crippen LogP contribution in [0, 0.1) is 0 Å². The minimum absolute atomic E-state index is 0.0409. The van der Waals surface area contributed by atoms with Gasteiger partial charge < -0.3 is 18.8 Å². The van der Waals surface area contributed by atoms with Crippen LogP contribution < -0.4 is 9.47 Å². The third-order valence-electron chi connectivity index (χ3n) is 5.55. The summed E-state index contributed by atoms with van der Waals surface area (Å²) in [5, 5.41) is 0. The molecule has 2 aromatic carbocycles. The standard InChI is InChI=1S/C25H24N4O4/c30-24(19-4-3-11-26-18-19)29-14-12-28(13-15-29)16-17-31-20-7-9-21(10-8-20)32-25-27-22-5-1-2-6-23(22)33-25/h1-11,18H,12-17H2. The number of fused-ring (bicyclic) bond motifs is 1. The fourth-order valence-corrected chi connectivity index (χ4v) is 3.74. The number of piperazine rings is 1. The normalized spacial score (nSPS) is 14.4. The number of para-hydroxylation sites is 2. The van der Waals surface area contributed by atoms with E-state index in [9.17, 15) is 4.79 Å². The summed E-state index contributed by atoms with van der Waals surface area (Å²) in [4.78, 5) is 25.0. The fraction of sp³-hybridized carbons (Fsp3) is 0.240. The Labute approximate surface area is 191 Å². The number of aromatic nitrogens is 2. The number of benzene rings is 2. The van der Waals surface area contributed by atoms with Gasteiger partial charge in [-0.15, -0.1) is 0 Å². The first kappa shape index (κ1) is 21.0. The molecule has 33 heavy (non-hydrogen) atoms. The Morgan fingerprint density at radius 1 is 0.939 bits per heavy atom. The van der Waals surface area contributed by atoms with Crippen molar-refractivity contribution in [2.45, 2.75) is 0 Å². The average Bonchev–Trinajstić information content (AvgIpc) is 3.28. The lowest BCUT2D eigenvalue weighted by Crippen LogP contribution is -2.49. The Balaban J connectivity index is 1.05. The molecule has 5 rings (SSSR count). The highest BCUT2D eigenvalue weighted by Gasteiger charge is 2.22. The number of rotatable bonds is 7. The molecule has 0 unspecified atom stereocenters. The largest absolute Gasteiger partial charge is 0.492 e. The number of ether oxygens (including phenoxy) is 2. The lowest BCUT2D eigenvalue weighted by molar-refractivity contribution is 0.0620. The molecule has 168 valence electrons. The molecule has 4 aromatic rings. The van der Waals surface area contributed by atoms with Gasteiger partial charge >= 0.3 is 6.08 Å². The highest BCUT2D eigenvalue weighted by molar-refractivity contribution is 5.93. The molecule has 8 heteroatoms. The van der Waals surface area contributed by atoms with Gasteiger partial charge in [-0.2, -0.15) is 4.98 Å². The van der Waals surface area contributed by atoms with Gasteiger partial charge in [-0.1, -0.05) is 12.1 Å². The van der Waals surface area contributed by atoms with Gasteiger partial charge in [0.2, 0.25) is 0 Å². The van der Waals surface area contributed by atoms with Gasteiger partial charge in [0.05, 0.1) is 5.56 Å². The first-order chi connectivity index (χ1) is 16.2. The second kappa shape index (κ2) is 9.70. The van der Waals surface area contributed by atoms with Crippen LogP contribution in [0.25, 0.3) is 11.1 Å². The Morgan fingerprint density at radius 2 is 1.73 bits per heavy atom. The van der Waals surface area contributed by atoms with Crippen LogP contribution in [0.5, 0.6) is 17.6 Å². The van der Waals surface area contributed by atoms with Crippen molar-refractivity contribution < 1.29 is 18.7 Å². The van der Waals surface area contributed by atoms with Crippen molar-refractivity contribution in [1.82, 2.24) is 19.8 Å². The molecule has 0 atom stereocenters. The van der Waals surface area contributed by atoms with E-state index in [-0.39, 0.29) is 12.0 Å². The smallest absolute Gasteiger partial charge is 0.400 e. The van der Waals surface area contributed by atoms with E-state index in [0.29, 0.717) is 36.6 Å². The molecule has 3 heterocycles. The molecular weight excluding hydrogens is 420 g/mol. The van der Waals surface area contributed by atoms with E-state index in [4.69, 9.17) is 13.9 Å². The van der Waals surface area contributed by atoms with Crippen LogP contribution in [0.15, 0.2) is 77.5 Å². The number of carbonyl (C=O) groups is 1. The molecule has 0 bridgehead atoms. The van der Waals surface area contributed by atoms with E-state index in [2.05, 4.69) is 14.9 Å². The van der Waals surface area contributed by atoms with E-state index < -0.39 is 0 Å². The predicted molar refractivity (Wildman–Crippen MR) is 123 cm³/mol. The van der Waals surface area contributed by atoms with Gasteiger partial charge in [0, 0.05) is 45.1 Å². The number of amides is 1. The minimum Gasteiger partial charge on any atom is -0.492 e. The second-order valence-corrected chi connectivity index (χ2v) is 7.74. The SMILES string of the molecule is O=C(c1cccnc1)N1CCN(CCOc2ccc(Oc3nc4ccccc4o3)cc2)CC1. The Hall–Kier alpha value is -3.91. The summed E-state index contributed by atoms with van der Waals surface area (Å²) in [5.41, 5.74) is 2.09. The quantitative estimate of drug-likeness (QED) is 0.428. The summed E-state index contributed by atoms with van der Waals surface area (Å²) >= 11 is 0. The maximum absolute atomic E-state index is 12.5. The van der Waals surface area contributed by atoms with Crippen molar-refractivity contribution >= 4 is 17.0 Å². The van der Waals surface area contributed by atoms with Gasteiger partial charge in [-0.3, -0.25) is 14.7 Å². The van der Waals surface area contributed by atoms with Crippen LogP contribution in [-0.4, -0.2) is 65.0 Å². The Kier molecular flexibility index (Phi) is 6.16. The van der Waals surface area contributed by atoms with E-state index in [0.717, 1.165) is 30.9 Å². The highest BCUT2D eigenvalue weighted by Crippen LogP contribution is 2.26. The van der Waals surface area contributed by atoms with Crippen molar-refractivity contribution in [2.75, 3.05) is 39.3 Å². The van der Waals surface area contributed by atoms with Crippen molar-refractivity contribution in [3.05, 3.63) is 78.6 Å². The van der Waals surface area contributed by atoms with Crippen molar-refractivity contribution in [1.29, 1.82) is 0 Å². The third kappa shape index (κ3) is 5.12. The minimum atomic E-state index is 0.0409. The second-order valence-electron chi connectivity index (χ2n) is 7.74. The number of hydrogen-bond donors (Lipinski definition) is 0. The highest BCUT2D eigenvalue weighted by atomic mass is 16.6. The molecular formula is C25H24N4O4. The van der Waals surface area contributed by atoms with E-state index in [1.54, 1.807) is 24.5 Å². The van der Waals surface area contributed by atoms with E-state index in [1.807, 2.05) is 53.4 Å². The summed E-state index contributed by atoms with van der Waals surface area (Å²) in [6.45, 7) is 4.43. The van der Waals surface area contributed by atoms with Crippen molar-refractivity contribution in [3.8, 4) is 17.6 Å². The summed E-state index contributed by atoms with van der Waals surface area (Å²) in [7, 11) is 0. The molecule has 1 aliphatic rings. The summed E-state index contributed by atoms with van der Waals surface area (Å²) < 4.78 is 17.2. The van der Waals surface area contributed by atoms with Crippen molar-refractivity contribution in [3.63, 3.8) is 0 Å². The fourth-order valence-electron chi connectivity index (χ4n) is 3.74. The van der Waals surface area contributed by atoms with Gasteiger partial charge in [-0.25, -0.2) is 0 Å². The molecule has 1 fully saturated rings. The molecule has 0 aliphatic carbocycles. The number of carbonyl (C=O) groups excluding carboxylic acids is 1. The molecule has 0 N–H and O–H groups in total. The van der Waals surface area contributed by atoms with E-state index in [1.165, 1.54) is 0 Å². The first-order valence-electron chi connectivity index (χ1n) is 10.9. The van der Waals surface area contributed by atoms with Gasteiger partial charge in [0.1, 0.15) is 23.6 Å². The van der Waals surface area contributed by atoms with Gasteiger partial charge in [-0.05, 0) is 48.5 Å². The van der Waals surface area contributed by atoms with Crippen LogP contribution in [0.3, 0.4) is 0 Å². The summed E-state index contributed by atoms with van der Waals surface area (Å²) in [6, 6.07) is 18.5. The first-order valence-corrected chi connectivity index (χ1v) is 10.9. The van der Waals surface area contributed by atoms with Crippen molar-refractivity contribution in [2.24, 2.45) is 0 Å². The predicted octanol–water partition coefficient (Wildman–Crippen LogP) is 3.85. The number of pyridine rings is 1. The average molecular weight is 444 g/mol.